The van der Waals surface area contributed by atoms with Crippen LogP contribution in [0.15, 0.2) is 47.4 Å². The third kappa shape index (κ3) is 2.20. The van der Waals surface area contributed by atoms with Crippen molar-refractivity contribution in [2.45, 2.75) is 11.8 Å². The molecule has 3 rings (SSSR count). The first-order valence-electron chi connectivity index (χ1n) is 6.21. The number of rotatable bonds is 2. The molecule has 5 heteroatoms. The zero-order valence-corrected chi connectivity index (χ0v) is 12.0. The van der Waals surface area contributed by atoms with Crippen LogP contribution in [0.5, 0.6) is 0 Å². The molecule has 20 heavy (non-hydrogen) atoms. The molecule has 1 heterocycles. The highest BCUT2D eigenvalue weighted by Crippen LogP contribution is 2.25. The highest BCUT2D eigenvalue weighted by molar-refractivity contribution is 7.91. The summed E-state index contributed by atoms with van der Waals surface area (Å²) in [6.07, 6.45) is 1.20. The monoisotopic (exact) mass is 286 g/mol. The molecule has 1 aromatic heterocycles. The van der Waals surface area contributed by atoms with Crippen LogP contribution in [-0.4, -0.2) is 24.6 Å². The van der Waals surface area contributed by atoms with Gasteiger partial charge in [-0.15, -0.1) is 0 Å². The summed E-state index contributed by atoms with van der Waals surface area (Å²) in [6, 6.07) is 13.1. The largest absolute Gasteiger partial charge is 0.338 e. The Hall–Kier alpha value is -2.14. The minimum atomic E-state index is -3.29. The number of aromatic amines is 1. The number of para-hydroxylation sites is 1. The lowest BCUT2D eigenvalue weighted by Gasteiger charge is -1.98. The van der Waals surface area contributed by atoms with Crippen LogP contribution in [0.2, 0.25) is 0 Å². The van der Waals surface area contributed by atoms with E-state index in [1.54, 1.807) is 12.1 Å². The molecule has 0 radical (unpaired) electrons. The van der Waals surface area contributed by atoms with Gasteiger partial charge in [0.05, 0.1) is 10.4 Å². The number of nitrogens with zero attached hydrogens (tertiary/aromatic N) is 1. The van der Waals surface area contributed by atoms with Crippen molar-refractivity contribution in [2.24, 2.45) is 0 Å². The molecule has 0 amide bonds. The van der Waals surface area contributed by atoms with E-state index in [0.717, 1.165) is 11.1 Å². The number of benzene rings is 2. The Morgan fingerprint density at radius 2 is 1.75 bits per heavy atom. The third-order valence-electron chi connectivity index (χ3n) is 3.20. The van der Waals surface area contributed by atoms with Crippen molar-refractivity contribution in [1.82, 2.24) is 9.97 Å². The molecule has 102 valence electrons. The van der Waals surface area contributed by atoms with Crippen LogP contribution in [0.1, 0.15) is 5.56 Å². The van der Waals surface area contributed by atoms with Crippen LogP contribution in [0.4, 0.5) is 0 Å². The van der Waals surface area contributed by atoms with E-state index in [1.807, 2.05) is 37.3 Å². The Balaban J connectivity index is 2.23. The van der Waals surface area contributed by atoms with Gasteiger partial charge in [0, 0.05) is 11.8 Å². The van der Waals surface area contributed by atoms with Gasteiger partial charge < -0.3 is 4.98 Å². The molecule has 0 saturated carbocycles. The fourth-order valence-electron chi connectivity index (χ4n) is 2.15. The molecule has 4 nitrogen and oxygen atoms in total. The first-order chi connectivity index (χ1) is 9.45. The normalized spacial score (nSPS) is 11.9. The van der Waals surface area contributed by atoms with E-state index in [-0.39, 0.29) is 4.90 Å². The molecule has 0 bridgehead atoms. The lowest BCUT2D eigenvalue weighted by atomic mass is 10.1. The summed E-state index contributed by atoms with van der Waals surface area (Å²) in [5.41, 5.74) is 3.32. The second-order valence-corrected chi connectivity index (χ2v) is 6.86. The van der Waals surface area contributed by atoms with E-state index < -0.39 is 9.84 Å². The Kier molecular flexibility index (Phi) is 2.87. The molecule has 0 saturated heterocycles. The van der Waals surface area contributed by atoms with Gasteiger partial charge in [-0.05, 0) is 19.1 Å². The van der Waals surface area contributed by atoms with Gasteiger partial charge in [0.25, 0.3) is 0 Å². The number of hydrogen-bond acceptors (Lipinski definition) is 3. The maximum Gasteiger partial charge on any atom is 0.177 e. The number of sulfone groups is 1. The maximum absolute atomic E-state index is 11.8. The van der Waals surface area contributed by atoms with Gasteiger partial charge in [-0.3, -0.25) is 0 Å². The van der Waals surface area contributed by atoms with Crippen LogP contribution in [0.3, 0.4) is 0 Å². The van der Waals surface area contributed by atoms with Crippen molar-refractivity contribution in [3.8, 4) is 11.4 Å². The van der Waals surface area contributed by atoms with Gasteiger partial charge in [0.1, 0.15) is 11.3 Å². The van der Waals surface area contributed by atoms with Crippen molar-refractivity contribution in [3.05, 3.63) is 48.0 Å². The molecule has 0 fully saturated rings. The summed E-state index contributed by atoms with van der Waals surface area (Å²) in [5.74, 6) is 0.677. The number of hydrogen-bond donors (Lipinski definition) is 1. The Morgan fingerprint density at radius 3 is 2.40 bits per heavy atom. The molecular weight excluding hydrogens is 272 g/mol. The number of nitrogens with one attached hydrogen (secondary N) is 1. The van der Waals surface area contributed by atoms with Crippen molar-refractivity contribution >= 4 is 20.9 Å². The number of aryl methyl sites for hydroxylation is 1. The van der Waals surface area contributed by atoms with Crippen molar-refractivity contribution in [1.29, 1.82) is 0 Å². The lowest BCUT2D eigenvalue weighted by Crippen LogP contribution is -1.97. The second-order valence-electron chi connectivity index (χ2n) is 4.88. The quantitative estimate of drug-likeness (QED) is 0.787. The first kappa shape index (κ1) is 12.9. The Labute approximate surface area is 117 Å². The first-order valence-corrected chi connectivity index (χ1v) is 8.10. The molecule has 0 unspecified atom stereocenters. The topological polar surface area (TPSA) is 62.8 Å². The van der Waals surface area contributed by atoms with Gasteiger partial charge in [-0.25, -0.2) is 13.4 Å². The summed E-state index contributed by atoms with van der Waals surface area (Å²) >= 11 is 0. The molecular formula is C15H14N2O2S. The van der Waals surface area contributed by atoms with E-state index in [4.69, 9.17) is 0 Å². The number of aromatic nitrogens is 2. The van der Waals surface area contributed by atoms with Crippen molar-refractivity contribution in [3.63, 3.8) is 0 Å². The summed E-state index contributed by atoms with van der Waals surface area (Å²) in [5, 5.41) is 0. The predicted molar refractivity (Wildman–Crippen MR) is 79.4 cm³/mol. The molecule has 1 N–H and O–H groups in total. The SMILES string of the molecule is Cc1ccc(-c2nc3c(S(C)(=O)=O)cccc3[nH]2)cc1. The summed E-state index contributed by atoms with van der Waals surface area (Å²) < 4.78 is 23.6. The minimum Gasteiger partial charge on any atom is -0.338 e. The Bertz CT molecular complexity index is 878. The number of imidazole rings is 1. The van der Waals surface area contributed by atoms with Crippen molar-refractivity contribution in [2.75, 3.05) is 6.26 Å². The van der Waals surface area contributed by atoms with E-state index in [0.29, 0.717) is 11.3 Å². The fraction of sp³-hybridized carbons (Fsp3) is 0.133. The average molecular weight is 286 g/mol. The van der Waals surface area contributed by atoms with Gasteiger partial charge in [-0.1, -0.05) is 35.9 Å². The van der Waals surface area contributed by atoms with Gasteiger partial charge >= 0.3 is 0 Å². The molecule has 0 aliphatic heterocycles. The molecule has 0 atom stereocenters. The van der Waals surface area contributed by atoms with E-state index in [1.165, 1.54) is 11.8 Å². The predicted octanol–water partition coefficient (Wildman–Crippen LogP) is 2.94. The molecule has 0 aliphatic carbocycles. The number of H-pyrrole nitrogens is 1. The lowest BCUT2D eigenvalue weighted by molar-refractivity contribution is 0.602. The van der Waals surface area contributed by atoms with E-state index in [9.17, 15) is 8.42 Å². The molecule has 2 aromatic carbocycles. The maximum atomic E-state index is 11.8. The summed E-state index contributed by atoms with van der Waals surface area (Å²) in [6.45, 7) is 2.02. The minimum absolute atomic E-state index is 0.254. The van der Waals surface area contributed by atoms with Gasteiger partial charge in [-0.2, -0.15) is 0 Å². The van der Waals surface area contributed by atoms with E-state index >= 15 is 0 Å². The van der Waals surface area contributed by atoms with Gasteiger partial charge in [0.2, 0.25) is 0 Å². The van der Waals surface area contributed by atoms with Crippen LogP contribution in [0.25, 0.3) is 22.4 Å². The fourth-order valence-corrected chi connectivity index (χ4v) is 2.99. The smallest absolute Gasteiger partial charge is 0.177 e. The van der Waals surface area contributed by atoms with Crippen LogP contribution < -0.4 is 0 Å². The van der Waals surface area contributed by atoms with Crippen LogP contribution >= 0.6 is 0 Å². The third-order valence-corrected chi connectivity index (χ3v) is 4.33. The average Bonchev–Trinajstić information content (AvgIpc) is 2.81. The molecule has 0 aliphatic rings. The zero-order valence-electron chi connectivity index (χ0n) is 11.2. The molecule has 0 spiro atoms. The Morgan fingerprint density at radius 1 is 1.05 bits per heavy atom. The highest BCUT2D eigenvalue weighted by Gasteiger charge is 2.15. The van der Waals surface area contributed by atoms with Gasteiger partial charge in [0.15, 0.2) is 9.84 Å². The van der Waals surface area contributed by atoms with Crippen LogP contribution in [0, 0.1) is 6.92 Å². The highest BCUT2D eigenvalue weighted by atomic mass is 32.2. The second kappa shape index (κ2) is 4.45. The summed E-state index contributed by atoms with van der Waals surface area (Å²) in [7, 11) is -3.29. The zero-order chi connectivity index (χ0) is 14.3. The van der Waals surface area contributed by atoms with Crippen LogP contribution in [-0.2, 0) is 9.84 Å². The van der Waals surface area contributed by atoms with Crippen molar-refractivity contribution < 1.29 is 8.42 Å². The summed E-state index contributed by atoms with van der Waals surface area (Å²) in [4.78, 5) is 7.87. The molecule has 3 aromatic rings. The van der Waals surface area contributed by atoms with E-state index in [2.05, 4.69) is 9.97 Å². The number of fused-ring (bicyclic) bond motifs is 1. The standard InChI is InChI=1S/C15H14N2O2S/c1-10-6-8-11(9-7-10)15-16-12-4-3-5-13(14(12)17-15)20(2,18)19/h3-9H,1-2H3,(H,16,17).